The number of carbonyl (C=O) groups is 2. The van der Waals surface area contributed by atoms with Gasteiger partial charge in [0.2, 0.25) is 5.43 Å². The molecule has 0 saturated heterocycles. The Hall–Kier alpha value is -3.56. The van der Waals surface area contributed by atoms with E-state index in [9.17, 15) is 24.5 Å². The summed E-state index contributed by atoms with van der Waals surface area (Å²) in [6.45, 7) is 3.00. The van der Waals surface area contributed by atoms with Crippen molar-refractivity contribution in [3.05, 3.63) is 56.9 Å². The molecule has 0 fully saturated rings. The molecule has 0 aliphatic rings. The van der Waals surface area contributed by atoms with Gasteiger partial charge in [-0.15, -0.1) is 6.58 Å². The van der Waals surface area contributed by atoms with Crippen LogP contribution in [0.1, 0.15) is 10.5 Å². The molecule has 0 saturated carbocycles. The predicted octanol–water partition coefficient (Wildman–Crippen LogP) is 0.305. The SMILES string of the molecule is C=CCn1nc(C(=O)NCC(=O)O)c(=O)c2cc([N+](=O)[O-])ccc21. The number of nitro groups is 1. The number of fused-ring (bicyclic) bond motifs is 1. The van der Waals surface area contributed by atoms with Gasteiger partial charge in [-0.05, 0) is 6.07 Å². The molecule has 1 aromatic heterocycles. The molecule has 124 valence electrons. The number of nitrogens with zero attached hydrogens (tertiary/aromatic N) is 3. The van der Waals surface area contributed by atoms with E-state index in [4.69, 9.17) is 5.11 Å². The quantitative estimate of drug-likeness (QED) is 0.440. The van der Waals surface area contributed by atoms with E-state index in [1.165, 1.54) is 22.9 Å². The highest BCUT2D eigenvalue weighted by atomic mass is 16.6. The molecule has 2 N–H and O–H groups in total. The molecule has 2 aromatic rings. The Morgan fingerprint density at radius 1 is 1.46 bits per heavy atom. The van der Waals surface area contributed by atoms with Crippen molar-refractivity contribution in [2.24, 2.45) is 0 Å². The monoisotopic (exact) mass is 332 g/mol. The number of carboxylic acids is 1. The number of allylic oxidation sites excluding steroid dienone is 1. The topological polar surface area (TPSA) is 144 Å². The van der Waals surface area contributed by atoms with Crippen LogP contribution in [0.4, 0.5) is 5.69 Å². The second-order valence-corrected chi connectivity index (χ2v) is 4.68. The van der Waals surface area contributed by atoms with Crippen LogP contribution in [0.3, 0.4) is 0 Å². The fourth-order valence-electron chi connectivity index (χ4n) is 2.04. The van der Waals surface area contributed by atoms with E-state index in [1.54, 1.807) is 0 Å². The summed E-state index contributed by atoms with van der Waals surface area (Å²) in [6, 6.07) is 3.62. The van der Waals surface area contributed by atoms with E-state index in [0.29, 0.717) is 5.52 Å². The standard InChI is InChI=1S/C14H12N4O6/c1-2-5-17-10-4-3-8(18(23)24)6-9(10)13(21)12(16-17)14(22)15-7-11(19)20/h2-4,6H,1,5,7H2,(H,15,22)(H,19,20). The molecular formula is C14H12N4O6. The van der Waals surface area contributed by atoms with E-state index >= 15 is 0 Å². The fourth-order valence-corrected chi connectivity index (χ4v) is 2.04. The first kappa shape index (κ1) is 16.8. The zero-order chi connectivity index (χ0) is 17.9. The highest BCUT2D eigenvalue weighted by Gasteiger charge is 2.19. The van der Waals surface area contributed by atoms with E-state index in [0.717, 1.165) is 6.07 Å². The minimum Gasteiger partial charge on any atom is -0.480 e. The van der Waals surface area contributed by atoms with Crippen LogP contribution in [0.15, 0.2) is 35.6 Å². The Morgan fingerprint density at radius 3 is 2.75 bits per heavy atom. The Bertz CT molecular complexity index is 917. The van der Waals surface area contributed by atoms with Crippen molar-refractivity contribution >= 4 is 28.5 Å². The number of amides is 1. The highest BCUT2D eigenvalue weighted by molar-refractivity contribution is 5.96. The minimum absolute atomic E-state index is 0.0680. The summed E-state index contributed by atoms with van der Waals surface area (Å²) in [5.74, 6) is -2.26. The third-order valence-corrected chi connectivity index (χ3v) is 3.07. The lowest BCUT2D eigenvalue weighted by atomic mass is 10.1. The Kier molecular flexibility index (Phi) is 4.68. The molecule has 0 spiro atoms. The lowest BCUT2D eigenvalue weighted by Gasteiger charge is -2.10. The summed E-state index contributed by atoms with van der Waals surface area (Å²) in [5.41, 5.74) is -1.39. The molecule has 1 aromatic carbocycles. The fraction of sp³-hybridized carbons (Fsp3) is 0.143. The molecule has 10 heteroatoms. The first-order valence-corrected chi connectivity index (χ1v) is 6.65. The predicted molar refractivity (Wildman–Crippen MR) is 82.8 cm³/mol. The summed E-state index contributed by atoms with van der Waals surface area (Å²) in [5, 5.41) is 25.3. The lowest BCUT2D eigenvalue weighted by Crippen LogP contribution is -2.35. The van der Waals surface area contributed by atoms with Crippen LogP contribution in [0.5, 0.6) is 0 Å². The number of nitrogens with one attached hydrogen (secondary N) is 1. The number of rotatable bonds is 6. The molecule has 0 aliphatic carbocycles. The molecule has 2 rings (SSSR count). The largest absolute Gasteiger partial charge is 0.480 e. The van der Waals surface area contributed by atoms with Gasteiger partial charge in [0.15, 0.2) is 5.69 Å². The van der Waals surface area contributed by atoms with Crippen LogP contribution in [0.25, 0.3) is 10.9 Å². The summed E-state index contributed by atoms with van der Waals surface area (Å²) in [6.07, 6.45) is 1.47. The van der Waals surface area contributed by atoms with Crippen LogP contribution in [-0.4, -0.2) is 38.2 Å². The molecule has 0 radical (unpaired) electrons. The zero-order valence-corrected chi connectivity index (χ0v) is 12.3. The van der Waals surface area contributed by atoms with E-state index < -0.39 is 34.5 Å². The van der Waals surface area contributed by atoms with E-state index in [1.807, 2.05) is 5.32 Å². The number of aromatic nitrogens is 2. The van der Waals surface area contributed by atoms with Gasteiger partial charge >= 0.3 is 5.97 Å². The maximum Gasteiger partial charge on any atom is 0.322 e. The Labute approximate surface area is 134 Å². The number of non-ortho nitro benzene ring substituents is 1. The van der Waals surface area contributed by atoms with Crippen LogP contribution in [0, 0.1) is 10.1 Å². The van der Waals surface area contributed by atoms with Gasteiger partial charge in [0.05, 0.1) is 22.4 Å². The van der Waals surface area contributed by atoms with Crippen molar-refractivity contribution in [2.75, 3.05) is 6.54 Å². The molecule has 0 unspecified atom stereocenters. The number of carbonyl (C=O) groups excluding carboxylic acids is 1. The van der Waals surface area contributed by atoms with Gasteiger partial charge in [0.25, 0.3) is 11.6 Å². The number of nitro benzene ring substituents is 1. The molecule has 24 heavy (non-hydrogen) atoms. The zero-order valence-electron chi connectivity index (χ0n) is 12.3. The third-order valence-electron chi connectivity index (χ3n) is 3.07. The van der Waals surface area contributed by atoms with E-state index in [2.05, 4.69) is 11.7 Å². The number of hydrogen-bond donors (Lipinski definition) is 2. The summed E-state index contributed by atoms with van der Waals surface area (Å²) in [4.78, 5) is 45.1. The maximum absolute atomic E-state index is 12.4. The molecule has 0 aliphatic heterocycles. The number of benzene rings is 1. The highest BCUT2D eigenvalue weighted by Crippen LogP contribution is 2.18. The van der Waals surface area contributed by atoms with Gasteiger partial charge in [-0.2, -0.15) is 5.10 Å². The average molecular weight is 332 g/mol. The van der Waals surface area contributed by atoms with Gasteiger partial charge in [-0.1, -0.05) is 6.08 Å². The van der Waals surface area contributed by atoms with Crippen LogP contribution in [-0.2, 0) is 11.3 Å². The molecular weight excluding hydrogens is 320 g/mol. The van der Waals surface area contributed by atoms with Crippen molar-refractivity contribution in [3.63, 3.8) is 0 Å². The number of aliphatic carboxylic acids is 1. The molecule has 10 nitrogen and oxygen atoms in total. The van der Waals surface area contributed by atoms with Gasteiger partial charge in [-0.3, -0.25) is 29.2 Å². The molecule has 1 heterocycles. The Morgan fingerprint density at radius 2 is 2.17 bits per heavy atom. The van der Waals surface area contributed by atoms with Crippen LogP contribution < -0.4 is 10.7 Å². The lowest BCUT2D eigenvalue weighted by molar-refractivity contribution is -0.384. The van der Waals surface area contributed by atoms with Crippen LogP contribution >= 0.6 is 0 Å². The smallest absolute Gasteiger partial charge is 0.322 e. The van der Waals surface area contributed by atoms with Gasteiger partial charge in [-0.25, -0.2) is 0 Å². The van der Waals surface area contributed by atoms with Crippen molar-refractivity contribution < 1.29 is 19.6 Å². The van der Waals surface area contributed by atoms with Gasteiger partial charge in [0.1, 0.15) is 6.54 Å². The Balaban J connectivity index is 2.67. The number of carboxylic acid groups (broad SMARTS) is 1. The second kappa shape index (κ2) is 6.69. The van der Waals surface area contributed by atoms with Crippen molar-refractivity contribution in [3.8, 4) is 0 Å². The first-order valence-electron chi connectivity index (χ1n) is 6.65. The maximum atomic E-state index is 12.4. The summed E-state index contributed by atoms with van der Waals surface area (Å²) >= 11 is 0. The molecule has 0 bridgehead atoms. The van der Waals surface area contributed by atoms with E-state index in [-0.39, 0.29) is 17.6 Å². The van der Waals surface area contributed by atoms with Crippen molar-refractivity contribution in [2.45, 2.75) is 6.54 Å². The third kappa shape index (κ3) is 3.27. The van der Waals surface area contributed by atoms with Gasteiger partial charge < -0.3 is 10.4 Å². The minimum atomic E-state index is -1.29. The summed E-state index contributed by atoms with van der Waals surface area (Å²) in [7, 11) is 0. The molecule has 1 amide bonds. The number of hydrogen-bond acceptors (Lipinski definition) is 6. The normalized spacial score (nSPS) is 10.3. The second-order valence-electron chi connectivity index (χ2n) is 4.68. The van der Waals surface area contributed by atoms with Crippen molar-refractivity contribution in [1.82, 2.24) is 15.1 Å². The van der Waals surface area contributed by atoms with Crippen LogP contribution in [0.2, 0.25) is 0 Å². The van der Waals surface area contributed by atoms with Crippen molar-refractivity contribution in [1.29, 1.82) is 0 Å². The first-order chi connectivity index (χ1) is 11.3. The average Bonchev–Trinajstić information content (AvgIpc) is 2.54. The molecule has 0 atom stereocenters. The van der Waals surface area contributed by atoms with Gasteiger partial charge in [0, 0.05) is 12.1 Å². The summed E-state index contributed by atoms with van der Waals surface area (Å²) < 4.78 is 1.28.